The molecule has 17 heavy (non-hydrogen) atoms. The Bertz CT molecular complexity index is 594. The van der Waals surface area contributed by atoms with Gasteiger partial charge in [0.1, 0.15) is 17.1 Å². The van der Waals surface area contributed by atoms with Gasteiger partial charge in [0.2, 0.25) is 0 Å². The molecule has 1 fully saturated rings. The molecule has 0 saturated heterocycles. The van der Waals surface area contributed by atoms with Gasteiger partial charge in [0, 0.05) is 16.3 Å². The minimum atomic E-state index is 0.284. The Kier molecular flexibility index (Phi) is 2.48. The topological polar surface area (TPSA) is 30.2 Å². The summed E-state index contributed by atoms with van der Waals surface area (Å²) in [6.45, 7) is 1.98. The molecule has 0 unspecified atom stereocenters. The van der Waals surface area contributed by atoms with E-state index >= 15 is 0 Å². The van der Waals surface area contributed by atoms with Crippen molar-refractivity contribution in [3.05, 3.63) is 34.5 Å². The van der Waals surface area contributed by atoms with Crippen LogP contribution in [0.25, 0.3) is 11.0 Å². The number of furan rings is 1. The van der Waals surface area contributed by atoms with Crippen LogP contribution in [0.5, 0.6) is 0 Å². The van der Waals surface area contributed by atoms with Crippen LogP contribution in [0.4, 0.5) is 0 Å². The highest BCUT2D eigenvalue weighted by atomic mass is 35.5. The molecule has 1 aliphatic carbocycles. The van der Waals surface area contributed by atoms with E-state index in [-0.39, 0.29) is 5.92 Å². The van der Waals surface area contributed by atoms with Gasteiger partial charge >= 0.3 is 0 Å². The number of rotatable bonds is 3. The molecular weight excluding hydrogens is 236 g/mol. The monoisotopic (exact) mass is 248 g/mol. The summed E-state index contributed by atoms with van der Waals surface area (Å²) in [4.78, 5) is 11.8. The molecule has 2 aromatic rings. The highest BCUT2D eigenvalue weighted by Gasteiger charge is 2.30. The Morgan fingerprint density at radius 2 is 2.24 bits per heavy atom. The fraction of sp³-hybridized carbons (Fsp3) is 0.357. The Hall–Kier alpha value is -1.28. The molecule has 3 heteroatoms. The first kappa shape index (κ1) is 10.8. The quantitative estimate of drug-likeness (QED) is 0.824. The maximum absolute atomic E-state index is 11.8. The smallest absolute Gasteiger partial charge is 0.143 e. The van der Waals surface area contributed by atoms with Crippen molar-refractivity contribution in [3.8, 4) is 0 Å². The Balaban J connectivity index is 1.98. The summed E-state index contributed by atoms with van der Waals surface area (Å²) >= 11 is 5.96. The molecule has 3 rings (SSSR count). The SMILES string of the molecule is Cc1c(CC(=O)C2CC2)oc2ccc(Cl)cc12. The van der Waals surface area contributed by atoms with E-state index in [1.165, 1.54) is 0 Å². The van der Waals surface area contributed by atoms with E-state index in [9.17, 15) is 4.79 Å². The number of hydrogen-bond donors (Lipinski definition) is 0. The lowest BCUT2D eigenvalue weighted by molar-refractivity contribution is -0.119. The summed E-state index contributed by atoms with van der Waals surface area (Å²) in [5, 5.41) is 1.71. The summed E-state index contributed by atoms with van der Waals surface area (Å²) in [5.74, 6) is 1.38. The largest absolute Gasteiger partial charge is 0.460 e. The molecule has 1 aromatic heterocycles. The lowest BCUT2D eigenvalue weighted by Gasteiger charge is -1.96. The molecule has 0 bridgehead atoms. The van der Waals surface area contributed by atoms with Crippen molar-refractivity contribution in [2.24, 2.45) is 5.92 Å². The first-order valence-corrected chi connectivity index (χ1v) is 6.23. The number of benzene rings is 1. The van der Waals surface area contributed by atoms with E-state index in [1.54, 1.807) is 6.07 Å². The predicted molar refractivity (Wildman–Crippen MR) is 67.4 cm³/mol. The maximum atomic E-state index is 11.8. The zero-order chi connectivity index (χ0) is 12.0. The van der Waals surface area contributed by atoms with Crippen LogP contribution in [0.1, 0.15) is 24.2 Å². The lowest BCUT2D eigenvalue weighted by atomic mass is 10.1. The van der Waals surface area contributed by atoms with Gasteiger partial charge in [0.25, 0.3) is 0 Å². The van der Waals surface area contributed by atoms with Gasteiger partial charge < -0.3 is 4.42 Å². The second-order valence-corrected chi connectivity index (χ2v) is 5.14. The van der Waals surface area contributed by atoms with E-state index in [1.807, 2.05) is 19.1 Å². The number of Topliss-reactive ketones (excluding diaryl/α,β-unsaturated/α-hetero) is 1. The standard InChI is InChI=1S/C14H13ClO2/c1-8-11-6-10(15)4-5-13(11)17-14(8)7-12(16)9-2-3-9/h4-6,9H,2-3,7H2,1H3. The fourth-order valence-electron chi connectivity index (χ4n) is 2.12. The molecule has 0 aliphatic heterocycles. The van der Waals surface area contributed by atoms with Crippen molar-refractivity contribution in [1.82, 2.24) is 0 Å². The average molecular weight is 249 g/mol. The Morgan fingerprint density at radius 3 is 2.94 bits per heavy atom. The number of fused-ring (bicyclic) bond motifs is 1. The Morgan fingerprint density at radius 1 is 1.47 bits per heavy atom. The van der Waals surface area contributed by atoms with Crippen molar-refractivity contribution < 1.29 is 9.21 Å². The molecule has 1 aliphatic rings. The second kappa shape index (κ2) is 3.88. The number of aryl methyl sites for hydroxylation is 1. The van der Waals surface area contributed by atoms with Gasteiger partial charge in [-0.05, 0) is 43.5 Å². The van der Waals surface area contributed by atoms with Crippen molar-refractivity contribution in [1.29, 1.82) is 0 Å². The number of ketones is 1. The molecule has 0 N–H and O–H groups in total. The van der Waals surface area contributed by atoms with Gasteiger partial charge in [-0.15, -0.1) is 0 Å². The number of carbonyl (C=O) groups is 1. The minimum Gasteiger partial charge on any atom is -0.460 e. The predicted octanol–water partition coefficient (Wildman–Crippen LogP) is 3.92. The van der Waals surface area contributed by atoms with Gasteiger partial charge in [-0.2, -0.15) is 0 Å². The van der Waals surface area contributed by atoms with E-state index in [2.05, 4.69) is 0 Å². The summed E-state index contributed by atoms with van der Waals surface area (Å²) in [7, 11) is 0. The van der Waals surface area contributed by atoms with Crippen LogP contribution in [-0.4, -0.2) is 5.78 Å². The van der Waals surface area contributed by atoms with E-state index in [0.29, 0.717) is 17.2 Å². The van der Waals surface area contributed by atoms with Gasteiger partial charge in [0.15, 0.2) is 0 Å². The van der Waals surface area contributed by atoms with Crippen molar-refractivity contribution in [2.75, 3.05) is 0 Å². The molecule has 88 valence electrons. The van der Waals surface area contributed by atoms with Crippen molar-refractivity contribution in [2.45, 2.75) is 26.2 Å². The van der Waals surface area contributed by atoms with E-state index in [4.69, 9.17) is 16.0 Å². The van der Waals surface area contributed by atoms with Gasteiger partial charge in [-0.1, -0.05) is 11.6 Å². The van der Waals surface area contributed by atoms with Crippen LogP contribution in [0, 0.1) is 12.8 Å². The van der Waals surface area contributed by atoms with Gasteiger partial charge in [0.05, 0.1) is 6.42 Å². The average Bonchev–Trinajstić information content (AvgIpc) is 3.09. The number of hydrogen-bond acceptors (Lipinski definition) is 2. The third-order valence-electron chi connectivity index (χ3n) is 3.36. The summed E-state index contributed by atoms with van der Waals surface area (Å²) < 4.78 is 5.72. The molecular formula is C14H13ClO2. The molecule has 0 spiro atoms. The molecule has 0 amide bonds. The Labute approximate surface area is 105 Å². The first-order chi connectivity index (χ1) is 8.15. The molecule has 1 aromatic carbocycles. The molecule has 1 saturated carbocycles. The van der Waals surface area contributed by atoms with Crippen LogP contribution in [0.3, 0.4) is 0 Å². The normalized spacial score (nSPS) is 15.4. The maximum Gasteiger partial charge on any atom is 0.143 e. The zero-order valence-corrected chi connectivity index (χ0v) is 10.4. The summed E-state index contributed by atoms with van der Waals surface area (Å²) in [6.07, 6.45) is 2.51. The van der Waals surface area contributed by atoms with Crippen LogP contribution in [0.2, 0.25) is 5.02 Å². The zero-order valence-electron chi connectivity index (χ0n) is 9.63. The second-order valence-electron chi connectivity index (χ2n) is 4.71. The van der Waals surface area contributed by atoms with Crippen molar-refractivity contribution >= 4 is 28.4 Å². The molecule has 0 radical (unpaired) electrons. The van der Waals surface area contributed by atoms with Crippen LogP contribution in [0.15, 0.2) is 22.6 Å². The summed E-state index contributed by atoms with van der Waals surface area (Å²) in [6, 6.07) is 5.55. The highest BCUT2D eigenvalue weighted by Crippen LogP contribution is 2.33. The lowest BCUT2D eigenvalue weighted by Crippen LogP contribution is -2.04. The van der Waals surface area contributed by atoms with Crippen LogP contribution >= 0.6 is 11.6 Å². The van der Waals surface area contributed by atoms with Crippen molar-refractivity contribution in [3.63, 3.8) is 0 Å². The fourth-order valence-corrected chi connectivity index (χ4v) is 2.29. The third-order valence-corrected chi connectivity index (χ3v) is 3.60. The number of halogens is 1. The van der Waals surface area contributed by atoms with E-state index < -0.39 is 0 Å². The highest BCUT2D eigenvalue weighted by molar-refractivity contribution is 6.31. The molecule has 0 atom stereocenters. The van der Waals surface area contributed by atoms with Gasteiger partial charge in [-0.25, -0.2) is 0 Å². The van der Waals surface area contributed by atoms with E-state index in [0.717, 1.165) is 35.1 Å². The number of carbonyl (C=O) groups excluding carboxylic acids is 1. The molecule has 1 heterocycles. The van der Waals surface area contributed by atoms with Crippen LogP contribution < -0.4 is 0 Å². The third kappa shape index (κ3) is 1.98. The minimum absolute atomic E-state index is 0.284. The van der Waals surface area contributed by atoms with Gasteiger partial charge in [-0.3, -0.25) is 4.79 Å². The van der Waals surface area contributed by atoms with Crippen LogP contribution in [-0.2, 0) is 11.2 Å². The molecule has 2 nitrogen and oxygen atoms in total. The first-order valence-electron chi connectivity index (χ1n) is 5.85. The summed E-state index contributed by atoms with van der Waals surface area (Å²) in [5.41, 5.74) is 1.85.